The molecule has 6 heteroatoms. The Balaban J connectivity index is 2.53. The molecule has 2 aliphatic rings. The number of Topliss-reactive ketones (excluding diaryl/α,β-unsaturated/α-hetero) is 1. The lowest BCUT2D eigenvalue weighted by Gasteiger charge is -2.36. The first-order valence-electron chi connectivity index (χ1n) is 9.59. The van der Waals surface area contributed by atoms with Crippen molar-refractivity contribution in [3.8, 4) is 0 Å². The van der Waals surface area contributed by atoms with Gasteiger partial charge in [-0.15, -0.1) is 0 Å². The number of carbonyl (C=O) groups is 1. The van der Waals surface area contributed by atoms with E-state index in [9.17, 15) is 25.2 Å². The van der Waals surface area contributed by atoms with E-state index in [0.717, 1.165) is 0 Å². The lowest BCUT2D eigenvalue weighted by atomic mass is 9.76. The molecule has 0 bridgehead atoms. The zero-order valence-corrected chi connectivity index (χ0v) is 16.9. The van der Waals surface area contributed by atoms with Crippen molar-refractivity contribution < 1.29 is 30.0 Å². The van der Waals surface area contributed by atoms with Crippen LogP contribution in [0.4, 0.5) is 0 Å². The summed E-state index contributed by atoms with van der Waals surface area (Å²) in [4.78, 5) is 13.1. The van der Waals surface area contributed by atoms with Gasteiger partial charge in [-0.2, -0.15) is 0 Å². The van der Waals surface area contributed by atoms with E-state index in [2.05, 4.69) is 6.58 Å². The van der Waals surface area contributed by atoms with Crippen LogP contribution >= 0.6 is 0 Å². The van der Waals surface area contributed by atoms with Crippen LogP contribution in [0.25, 0.3) is 0 Å². The summed E-state index contributed by atoms with van der Waals surface area (Å²) < 4.78 is 5.55. The largest absolute Gasteiger partial charge is 0.392 e. The molecule has 2 aliphatic carbocycles. The molecule has 6 nitrogen and oxygen atoms in total. The molecular weight excluding hydrogens is 348 g/mol. The molecule has 0 aromatic rings. The zero-order valence-electron chi connectivity index (χ0n) is 16.9. The Kier molecular flexibility index (Phi) is 6.39. The summed E-state index contributed by atoms with van der Waals surface area (Å²) in [6.07, 6.45) is 0.305. The topological polar surface area (TPSA) is 107 Å². The third kappa shape index (κ3) is 3.91. The van der Waals surface area contributed by atoms with Crippen molar-refractivity contribution in [1.82, 2.24) is 0 Å². The Labute approximate surface area is 161 Å². The molecule has 2 rings (SSSR count). The Morgan fingerprint density at radius 2 is 1.81 bits per heavy atom. The van der Waals surface area contributed by atoms with E-state index in [1.165, 1.54) is 0 Å². The number of hydrogen-bond acceptors (Lipinski definition) is 6. The molecular formula is C21H34O6. The fraction of sp³-hybridized carbons (Fsp3) is 0.762. The number of ether oxygens (including phenoxy) is 1. The van der Waals surface area contributed by atoms with Gasteiger partial charge >= 0.3 is 0 Å². The lowest BCUT2D eigenvalue weighted by Crippen LogP contribution is -2.52. The third-order valence-electron chi connectivity index (χ3n) is 6.65. The van der Waals surface area contributed by atoms with E-state index >= 15 is 0 Å². The molecule has 0 amide bonds. The van der Waals surface area contributed by atoms with Gasteiger partial charge in [-0.05, 0) is 38.2 Å². The van der Waals surface area contributed by atoms with Crippen molar-refractivity contribution in [3.63, 3.8) is 0 Å². The Hall–Kier alpha value is -1.05. The molecule has 0 radical (unpaired) electrons. The molecule has 8 atom stereocenters. The van der Waals surface area contributed by atoms with Crippen LogP contribution in [0, 0.1) is 23.7 Å². The maximum absolute atomic E-state index is 13.1. The molecule has 27 heavy (non-hydrogen) atoms. The second-order valence-corrected chi connectivity index (χ2v) is 8.85. The van der Waals surface area contributed by atoms with E-state index in [1.54, 1.807) is 27.0 Å². The van der Waals surface area contributed by atoms with Crippen molar-refractivity contribution in [2.24, 2.45) is 23.7 Å². The Morgan fingerprint density at radius 3 is 2.37 bits per heavy atom. The van der Waals surface area contributed by atoms with Gasteiger partial charge < -0.3 is 25.2 Å². The number of fused-ring (bicyclic) bond motifs is 1. The van der Waals surface area contributed by atoms with Crippen molar-refractivity contribution in [1.29, 1.82) is 0 Å². The van der Waals surface area contributed by atoms with Crippen LogP contribution in [0.2, 0.25) is 0 Å². The van der Waals surface area contributed by atoms with E-state index in [1.807, 2.05) is 19.9 Å². The SMILES string of the molecule is C=C1[C@@H](O)C[C@H](C(C)(C)OC)/C=C/[C@@H](C)C(=O)[C@@]2(O)C[C@H](C)[C@H](O)[C@@H]2[C@H]1O. The Bertz CT molecular complexity index is 612. The number of allylic oxidation sites excluding steroid dienone is 1. The summed E-state index contributed by atoms with van der Waals surface area (Å²) in [5.74, 6) is -2.77. The summed E-state index contributed by atoms with van der Waals surface area (Å²) >= 11 is 0. The highest BCUT2D eigenvalue weighted by Crippen LogP contribution is 2.46. The summed E-state index contributed by atoms with van der Waals surface area (Å²) in [5, 5.41) is 43.3. The maximum Gasteiger partial charge on any atom is 0.171 e. The monoisotopic (exact) mass is 382 g/mol. The van der Waals surface area contributed by atoms with Gasteiger partial charge in [0.2, 0.25) is 0 Å². The normalized spacial score (nSPS) is 45.3. The Morgan fingerprint density at radius 1 is 1.22 bits per heavy atom. The number of aliphatic hydroxyl groups is 4. The van der Waals surface area contributed by atoms with Gasteiger partial charge in [0.1, 0.15) is 5.60 Å². The maximum atomic E-state index is 13.1. The van der Waals surface area contributed by atoms with Crippen LogP contribution in [-0.2, 0) is 9.53 Å². The van der Waals surface area contributed by atoms with Crippen LogP contribution < -0.4 is 0 Å². The minimum Gasteiger partial charge on any atom is -0.392 e. The highest BCUT2D eigenvalue weighted by atomic mass is 16.5. The second-order valence-electron chi connectivity index (χ2n) is 8.85. The van der Waals surface area contributed by atoms with Crippen molar-refractivity contribution in [3.05, 3.63) is 24.3 Å². The number of methoxy groups -OCH3 is 1. The molecule has 0 aliphatic heterocycles. The molecule has 0 saturated heterocycles. The average molecular weight is 382 g/mol. The van der Waals surface area contributed by atoms with Gasteiger partial charge in [-0.25, -0.2) is 0 Å². The van der Waals surface area contributed by atoms with Crippen LogP contribution in [0.1, 0.15) is 40.5 Å². The number of aliphatic hydroxyl groups excluding tert-OH is 3. The highest BCUT2D eigenvalue weighted by Gasteiger charge is 2.59. The number of ketones is 1. The summed E-state index contributed by atoms with van der Waals surface area (Å²) in [5.41, 5.74) is -2.39. The van der Waals surface area contributed by atoms with Gasteiger partial charge in [0, 0.05) is 18.9 Å². The van der Waals surface area contributed by atoms with E-state index < -0.39 is 47.1 Å². The third-order valence-corrected chi connectivity index (χ3v) is 6.65. The van der Waals surface area contributed by atoms with E-state index in [-0.39, 0.29) is 30.3 Å². The molecule has 154 valence electrons. The van der Waals surface area contributed by atoms with Crippen LogP contribution in [-0.4, -0.2) is 62.8 Å². The minimum absolute atomic E-state index is 0.0588. The lowest BCUT2D eigenvalue weighted by molar-refractivity contribution is -0.151. The fourth-order valence-corrected chi connectivity index (χ4v) is 4.44. The first-order chi connectivity index (χ1) is 12.4. The molecule has 0 unspecified atom stereocenters. The molecule has 0 aromatic carbocycles. The standard InChI is InChI=1S/C21H34O6/c1-11-7-8-14(20(4,5)27-6)9-15(22)13(3)18(24)16-17(23)12(2)10-21(16,26)19(11)25/h7-8,11-12,14-18,22-24,26H,3,9-10H2,1-2,4-6H3/b8-7+/t11-,12+,14-,15+,16-,17+,18+,21-/m1/s1. The van der Waals surface area contributed by atoms with Gasteiger partial charge in [0.15, 0.2) is 5.78 Å². The molecule has 0 heterocycles. The number of carbonyl (C=O) groups excluding carboxylic acids is 1. The molecule has 1 saturated carbocycles. The van der Waals surface area contributed by atoms with Crippen LogP contribution in [0.3, 0.4) is 0 Å². The average Bonchev–Trinajstić information content (AvgIpc) is 2.84. The van der Waals surface area contributed by atoms with Gasteiger partial charge in [0.25, 0.3) is 0 Å². The first kappa shape index (κ1) is 22.2. The van der Waals surface area contributed by atoms with Gasteiger partial charge in [-0.3, -0.25) is 4.79 Å². The molecule has 4 N–H and O–H groups in total. The number of rotatable bonds is 2. The highest BCUT2D eigenvalue weighted by molar-refractivity contribution is 5.91. The fourth-order valence-electron chi connectivity index (χ4n) is 4.44. The van der Waals surface area contributed by atoms with E-state index in [0.29, 0.717) is 0 Å². The van der Waals surface area contributed by atoms with Crippen LogP contribution in [0.15, 0.2) is 24.3 Å². The quantitative estimate of drug-likeness (QED) is 0.535. The minimum atomic E-state index is -1.87. The van der Waals surface area contributed by atoms with E-state index in [4.69, 9.17) is 4.74 Å². The summed E-state index contributed by atoms with van der Waals surface area (Å²) in [6, 6.07) is 0. The summed E-state index contributed by atoms with van der Waals surface area (Å²) in [7, 11) is 1.58. The molecule has 1 fully saturated rings. The van der Waals surface area contributed by atoms with Gasteiger partial charge in [0.05, 0.1) is 29.8 Å². The van der Waals surface area contributed by atoms with Crippen LogP contribution in [0.5, 0.6) is 0 Å². The van der Waals surface area contributed by atoms with Gasteiger partial charge in [-0.1, -0.05) is 32.6 Å². The van der Waals surface area contributed by atoms with Crippen molar-refractivity contribution in [2.45, 2.75) is 70.1 Å². The predicted molar refractivity (Wildman–Crippen MR) is 102 cm³/mol. The molecule has 0 aromatic heterocycles. The predicted octanol–water partition coefficient (Wildman–Crippen LogP) is 1.22. The number of hydrogen-bond donors (Lipinski definition) is 4. The molecule has 0 spiro atoms. The second kappa shape index (κ2) is 7.76. The zero-order chi connectivity index (χ0) is 20.7. The van der Waals surface area contributed by atoms with Crippen molar-refractivity contribution in [2.75, 3.05) is 7.11 Å². The first-order valence-corrected chi connectivity index (χ1v) is 9.59. The van der Waals surface area contributed by atoms with Crippen molar-refractivity contribution >= 4 is 5.78 Å². The summed E-state index contributed by atoms with van der Waals surface area (Å²) in [6.45, 7) is 11.0. The smallest absolute Gasteiger partial charge is 0.171 e.